The highest BCUT2D eigenvalue weighted by Gasteiger charge is 2.27. The molecule has 0 bridgehead atoms. The van der Waals surface area contributed by atoms with E-state index in [1.54, 1.807) is 53.4 Å². The van der Waals surface area contributed by atoms with Gasteiger partial charge in [-0.15, -0.1) is 0 Å². The lowest BCUT2D eigenvalue weighted by Gasteiger charge is -2.32. The number of benzene rings is 2. The van der Waals surface area contributed by atoms with Crippen LogP contribution >= 0.6 is 0 Å². The third-order valence-corrected chi connectivity index (χ3v) is 4.85. The van der Waals surface area contributed by atoms with Crippen LogP contribution in [0.1, 0.15) is 33.5 Å². The molecule has 1 aromatic heterocycles. The fraction of sp³-hybridized carbons (Fsp3) is 0.217. The van der Waals surface area contributed by atoms with E-state index in [9.17, 15) is 9.18 Å². The Labute approximate surface area is 173 Å². The molecule has 2 aromatic carbocycles. The number of morpholine rings is 1. The van der Waals surface area contributed by atoms with Crippen molar-refractivity contribution in [1.29, 1.82) is 5.26 Å². The maximum Gasteiger partial charge on any atom is 0.289 e. The van der Waals surface area contributed by atoms with Crippen LogP contribution in [0, 0.1) is 17.1 Å². The van der Waals surface area contributed by atoms with E-state index >= 15 is 0 Å². The van der Waals surface area contributed by atoms with Gasteiger partial charge in [-0.25, -0.2) is 4.39 Å². The van der Waals surface area contributed by atoms with Gasteiger partial charge in [-0.3, -0.25) is 4.79 Å². The molecule has 1 fully saturated rings. The van der Waals surface area contributed by atoms with Gasteiger partial charge < -0.3 is 18.8 Å². The number of amides is 1. The fourth-order valence-corrected chi connectivity index (χ4v) is 3.27. The SMILES string of the molecule is N#Cc1ccccc1OCc1ccc(C(=O)N2CCO[C@@H](c3ccc(F)cc3)C2)o1. The maximum absolute atomic E-state index is 13.2. The van der Waals surface area contributed by atoms with Crippen LogP contribution in [0.4, 0.5) is 4.39 Å². The van der Waals surface area contributed by atoms with Crippen LogP contribution in [-0.4, -0.2) is 30.5 Å². The van der Waals surface area contributed by atoms with E-state index < -0.39 is 0 Å². The third-order valence-electron chi connectivity index (χ3n) is 4.85. The number of halogens is 1. The van der Waals surface area contributed by atoms with E-state index in [1.807, 2.05) is 0 Å². The number of furan rings is 1. The van der Waals surface area contributed by atoms with E-state index in [1.165, 1.54) is 12.1 Å². The second kappa shape index (κ2) is 8.80. The zero-order chi connectivity index (χ0) is 20.9. The number of para-hydroxylation sites is 1. The van der Waals surface area contributed by atoms with Crippen LogP contribution in [-0.2, 0) is 11.3 Å². The number of hydrogen-bond donors (Lipinski definition) is 0. The molecule has 1 saturated heterocycles. The van der Waals surface area contributed by atoms with Crippen LogP contribution in [0.25, 0.3) is 0 Å². The summed E-state index contributed by atoms with van der Waals surface area (Å²) in [5.41, 5.74) is 1.25. The summed E-state index contributed by atoms with van der Waals surface area (Å²) in [7, 11) is 0. The van der Waals surface area contributed by atoms with Crippen molar-refractivity contribution in [2.75, 3.05) is 19.7 Å². The Morgan fingerprint density at radius 3 is 2.77 bits per heavy atom. The van der Waals surface area contributed by atoms with Crippen LogP contribution in [0.2, 0.25) is 0 Å². The Morgan fingerprint density at radius 1 is 1.17 bits per heavy atom. The lowest BCUT2D eigenvalue weighted by atomic mass is 10.1. The molecule has 0 radical (unpaired) electrons. The first-order chi connectivity index (χ1) is 14.6. The molecule has 1 aliphatic rings. The van der Waals surface area contributed by atoms with Crippen molar-refractivity contribution in [3.05, 3.63) is 89.1 Å². The summed E-state index contributed by atoms with van der Waals surface area (Å²) in [4.78, 5) is 14.5. The van der Waals surface area contributed by atoms with Crippen molar-refractivity contribution in [3.63, 3.8) is 0 Å². The molecule has 0 N–H and O–H groups in total. The average Bonchev–Trinajstić information content (AvgIpc) is 3.27. The predicted molar refractivity (Wildman–Crippen MR) is 105 cm³/mol. The predicted octanol–water partition coefficient (Wildman–Crippen LogP) is 4.08. The number of carbonyl (C=O) groups excluding carboxylic acids is 1. The topological polar surface area (TPSA) is 75.7 Å². The van der Waals surface area contributed by atoms with Crippen molar-refractivity contribution in [3.8, 4) is 11.8 Å². The van der Waals surface area contributed by atoms with E-state index in [0.29, 0.717) is 36.8 Å². The van der Waals surface area contributed by atoms with Crippen molar-refractivity contribution in [2.45, 2.75) is 12.7 Å². The molecule has 1 amide bonds. The van der Waals surface area contributed by atoms with Crippen molar-refractivity contribution >= 4 is 5.91 Å². The summed E-state index contributed by atoms with van der Waals surface area (Å²) in [5.74, 6) is 0.593. The number of carbonyl (C=O) groups is 1. The molecule has 3 aromatic rings. The van der Waals surface area contributed by atoms with Gasteiger partial charge in [-0.2, -0.15) is 5.26 Å². The molecule has 6 nitrogen and oxygen atoms in total. The second-order valence-electron chi connectivity index (χ2n) is 6.82. The number of rotatable bonds is 5. The molecule has 0 unspecified atom stereocenters. The molecule has 2 heterocycles. The summed E-state index contributed by atoms with van der Waals surface area (Å²) >= 11 is 0. The first-order valence-corrected chi connectivity index (χ1v) is 9.51. The van der Waals surface area contributed by atoms with Gasteiger partial charge in [-0.1, -0.05) is 24.3 Å². The van der Waals surface area contributed by atoms with Crippen LogP contribution in [0.5, 0.6) is 5.75 Å². The normalized spacial score (nSPS) is 16.1. The molecular formula is C23H19FN2O4. The van der Waals surface area contributed by atoms with E-state index in [-0.39, 0.29) is 30.2 Å². The lowest BCUT2D eigenvalue weighted by Crippen LogP contribution is -2.42. The van der Waals surface area contributed by atoms with Gasteiger partial charge in [0.25, 0.3) is 5.91 Å². The number of nitriles is 1. The highest BCUT2D eigenvalue weighted by Crippen LogP contribution is 2.24. The Balaban J connectivity index is 1.39. The van der Waals surface area contributed by atoms with E-state index in [4.69, 9.17) is 19.2 Å². The van der Waals surface area contributed by atoms with Crippen LogP contribution in [0.15, 0.2) is 65.1 Å². The fourth-order valence-electron chi connectivity index (χ4n) is 3.27. The van der Waals surface area contributed by atoms with Crippen LogP contribution in [0.3, 0.4) is 0 Å². The lowest BCUT2D eigenvalue weighted by molar-refractivity contribution is -0.0238. The summed E-state index contributed by atoms with van der Waals surface area (Å²) < 4.78 is 30.2. The molecule has 1 aliphatic heterocycles. The smallest absolute Gasteiger partial charge is 0.289 e. The molecule has 0 spiro atoms. The number of ether oxygens (including phenoxy) is 2. The second-order valence-corrected chi connectivity index (χ2v) is 6.82. The minimum atomic E-state index is -0.316. The molecule has 30 heavy (non-hydrogen) atoms. The monoisotopic (exact) mass is 406 g/mol. The van der Waals surface area contributed by atoms with Crippen molar-refractivity contribution in [1.82, 2.24) is 4.90 Å². The highest BCUT2D eigenvalue weighted by atomic mass is 19.1. The number of nitrogens with zero attached hydrogens (tertiary/aromatic N) is 2. The van der Waals surface area contributed by atoms with Crippen LogP contribution < -0.4 is 4.74 Å². The van der Waals surface area contributed by atoms with Crippen molar-refractivity contribution in [2.24, 2.45) is 0 Å². The molecule has 0 saturated carbocycles. The minimum absolute atomic E-state index is 0.104. The Bertz CT molecular complexity index is 1070. The molecule has 7 heteroatoms. The quantitative estimate of drug-likeness (QED) is 0.638. The molecule has 0 aliphatic carbocycles. The van der Waals surface area contributed by atoms with Gasteiger partial charge in [0.2, 0.25) is 0 Å². The van der Waals surface area contributed by atoms with Gasteiger partial charge in [0.15, 0.2) is 5.76 Å². The molecule has 4 rings (SSSR count). The van der Waals surface area contributed by atoms with Gasteiger partial charge >= 0.3 is 0 Å². The average molecular weight is 406 g/mol. The summed E-state index contributed by atoms with van der Waals surface area (Å²) in [6, 6.07) is 18.4. The summed E-state index contributed by atoms with van der Waals surface area (Å²) in [6.45, 7) is 1.29. The van der Waals surface area contributed by atoms with Gasteiger partial charge in [-0.05, 0) is 42.0 Å². The Hall–Kier alpha value is -3.63. The summed E-state index contributed by atoms with van der Waals surface area (Å²) in [6.07, 6.45) is -0.316. The highest BCUT2D eigenvalue weighted by molar-refractivity contribution is 5.91. The zero-order valence-electron chi connectivity index (χ0n) is 16.1. The molecule has 1 atom stereocenters. The maximum atomic E-state index is 13.2. The zero-order valence-corrected chi connectivity index (χ0v) is 16.1. The van der Waals surface area contributed by atoms with E-state index in [0.717, 1.165) is 5.56 Å². The minimum Gasteiger partial charge on any atom is -0.484 e. The van der Waals surface area contributed by atoms with Gasteiger partial charge in [0.1, 0.15) is 36.1 Å². The largest absolute Gasteiger partial charge is 0.484 e. The molecular weight excluding hydrogens is 387 g/mol. The first-order valence-electron chi connectivity index (χ1n) is 9.51. The van der Waals surface area contributed by atoms with Crippen molar-refractivity contribution < 1.29 is 23.1 Å². The standard InChI is InChI=1S/C23H19FN2O4/c24-18-7-5-16(6-8-18)22-14-26(11-12-28-22)23(27)21-10-9-19(30-21)15-29-20-4-2-1-3-17(20)13-25/h1-10,22H,11-12,14-15H2/t22-/m1/s1. The number of hydrogen-bond acceptors (Lipinski definition) is 5. The van der Waals surface area contributed by atoms with Gasteiger partial charge in [0, 0.05) is 6.54 Å². The van der Waals surface area contributed by atoms with E-state index in [2.05, 4.69) is 6.07 Å². The molecule has 152 valence electrons. The Kier molecular flexibility index (Phi) is 5.77. The summed E-state index contributed by atoms with van der Waals surface area (Å²) in [5, 5.41) is 9.12. The third kappa shape index (κ3) is 4.34. The van der Waals surface area contributed by atoms with Gasteiger partial charge in [0.05, 0.1) is 18.7 Å². The Morgan fingerprint density at radius 2 is 1.97 bits per heavy atom. The first kappa shape index (κ1) is 19.7.